The number of aliphatic imine (C=N–C) groups is 1. The first-order valence-electron chi connectivity index (χ1n) is 6.61. The smallest absolute Gasteiger partial charge is 0.154 e. The molecule has 4 rings (SSSR count). The van der Waals surface area contributed by atoms with Crippen LogP contribution in [0.3, 0.4) is 0 Å². The molecule has 2 nitrogen and oxygen atoms in total. The Bertz CT molecular complexity index is 632. The highest BCUT2D eigenvalue weighted by Crippen LogP contribution is 2.45. The van der Waals surface area contributed by atoms with Crippen molar-refractivity contribution in [2.75, 3.05) is 6.54 Å². The molecule has 0 aromatic heterocycles. The minimum Gasteiger partial charge on any atom is -0.480 e. The minimum atomic E-state index is -0.281. The van der Waals surface area contributed by atoms with Crippen molar-refractivity contribution in [1.29, 1.82) is 0 Å². The molecule has 19 heavy (non-hydrogen) atoms. The Morgan fingerprint density at radius 3 is 3.26 bits per heavy atom. The van der Waals surface area contributed by atoms with Gasteiger partial charge in [-0.15, -0.1) is 0 Å². The van der Waals surface area contributed by atoms with Gasteiger partial charge in [0.25, 0.3) is 0 Å². The van der Waals surface area contributed by atoms with E-state index in [0.29, 0.717) is 12.5 Å². The molecule has 1 aromatic rings. The summed E-state index contributed by atoms with van der Waals surface area (Å²) in [6.45, 7) is 0.704. The molecule has 0 bridgehead atoms. The van der Waals surface area contributed by atoms with Gasteiger partial charge in [-0.25, -0.2) is 0 Å². The van der Waals surface area contributed by atoms with Crippen molar-refractivity contribution in [3.8, 4) is 5.75 Å². The molecule has 0 saturated heterocycles. The molecule has 2 atom stereocenters. The quantitative estimate of drug-likeness (QED) is 0.706. The number of hydrogen-bond donors (Lipinski definition) is 0. The lowest BCUT2D eigenvalue weighted by molar-refractivity contribution is 0.132. The Kier molecular flexibility index (Phi) is 2.36. The number of benzene rings is 1. The molecule has 1 spiro atoms. The highest BCUT2D eigenvalue weighted by Gasteiger charge is 2.46. The average molecular weight is 272 g/mol. The molecule has 2 unspecified atom stereocenters. The van der Waals surface area contributed by atoms with E-state index in [1.165, 1.54) is 11.1 Å². The summed E-state index contributed by atoms with van der Waals surface area (Å²) < 4.78 is 6.29. The lowest BCUT2D eigenvalue weighted by atomic mass is 9.76. The maximum absolute atomic E-state index is 6.29. The number of fused-ring (bicyclic) bond motifs is 3. The minimum absolute atomic E-state index is 0.281. The molecule has 1 aliphatic carbocycles. The summed E-state index contributed by atoms with van der Waals surface area (Å²) in [5, 5.41) is 0.726. The summed E-state index contributed by atoms with van der Waals surface area (Å²) in [4.78, 5) is 4.54. The van der Waals surface area contributed by atoms with Crippen LogP contribution in [-0.4, -0.2) is 18.4 Å². The highest BCUT2D eigenvalue weighted by molar-refractivity contribution is 6.30. The van der Waals surface area contributed by atoms with Gasteiger partial charge in [-0.3, -0.25) is 4.99 Å². The Hall–Kier alpha value is -1.54. The molecule has 3 heteroatoms. The van der Waals surface area contributed by atoms with E-state index >= 15 is 0 Å². The zero-order chi connectivity index (χ0) is 12.9. The topological polar surface area (TPSA) is 21.6 Å². The normalized spacial score (nSPS) is 30.8. The molecule has 0 fully saturated rings. The molecule has 0 N–H and O–H groups in total. The fourth-order valence-electron chi connectivity index (χ4n) is 3.27. The van der Waals surface area contributed by atoms with Gasteiger partial charge in [0.15, 0.2) is 5.60 Å². The van der Waals surface area contributed by atoms with Gasteiger partial charge in [-0.2, -0.15) is 0 Å². The van der Waals surface area contributed by atoms with Crippen LogP contribution in [0.5, 0.6) is 5.75 Å². The number of ether oxygens (including phenoxy) is 1. The van der Waals surface area contributed by atoms with Gasteiger partial charge in [0, 0.05) is 23.6 Å². The van der Waals surface area contributed by atoms with Crippen molar-refractivity contribution >= 4 is 17.8 Å². The summed E-state index contributed by atoms with van der Waals surface area (Å²) >= 11 is 6.05. The molecule has 96 valence electrons. The predicted octanol–water partition coefficient (Wildman–Crippen LogP) is 3.60. The van der Waals surface area contributed by atoms with Crippen molar-refractivity contribution in [2.45, 2.75) is 18.4 Å². The van der Waals surface area contributed by atoms with Crippen LogP contribution in [0.15, 0.2) is 47.0 Å². The Morgan fingerprint density at radius 2 is 2.32 bits per heavy atom. The fraction of sp³-hybridized carbons (Fsp3) is 0.312. The predicted molar refractivity (Wildman–Crippen MR) is 77.2 cm³/mol. The van der Waals surface area contributed by atoms with Crippen LogP contribution in [0.25, 0.3) is 0 Å². The first-order chi connectivity index (χ1) is 9.27. The number of halogens is 1. The standard InChI is InChI=1S/C16H14ClNO/c17-13-6-5-11-8-16(19-15(11)7-13)10-18-9-12-3-1-2-4-14(12)16/h1-2,4-7,9,12H,3,8,10H2. The van der Waals surface area contributed by atoms with Gasteiger partial charge in [0.1, 0.15) is 5.75 Å². The average Bonchev–Trinajstić information content (AvgIpc) is 2.77. The zero-order valence-corrected chi connectivity index (χ0v) is 11.2. The Labute approximate surface area is 117 Å². The molecule has 0 radical (unpaired) electrons. The van der Waals surface area contributed by atoms with Crippen molar-refractivity contribution in [3.05, 3.63) is 52.6 Å². The molecular weight excluding hydrogens is 258 g/mol. The van der Waals surface area contributed by atoms with E-state index in [1.807, 2.05) is 12.1 Å². The summed E-state index contributed by atoms with van der Waals surface area (Å²) in [7, 11) is 0. The summed E-state index contributed by atoms with van der Waals surface area (Å²) in [6.07, 6.45) is 10.5. The van der Waals surface area contributed by atoms with Gasteiger partial charge in [-0.05, 0) is 29.7 Å². The maximum Gasteiger partial charge on any atom is 0.154 e. The first-order valence-corrected chi connectivity index (χ1v) is 6.99. The summed E-state index contributed by atoms with van der Waals surface area (Å²) in [5.41, 5.74) is 2.31. The van der Waals surface area contributed by atoms with Gasteiger partial charge >= 0.3 is 0 Å². The van der Waals surface area contributed by atoms with Crippen LogP contribution in [0.1, 0.15) is 12.0 Å². The SMILES string of the molecule is Clc1ccc2c(c1)OC1(CN=CC3CC=CC=C31)C2. The third-order valence-corrected chi connectivity index (χ3v) is 4.41. The summed E-state index contributed by atoms with van der Waals surface area (Å²) in [5.74, 6) is 1.31. The van der Waals surface area contributed by atoms with Crippen molar-refractivity contribution < 1.29 is 4.74 Å². The number of nitrogens with zero attached hydrogens (tertiary/aromatic N) is 1. The number of rotatable bonds is 0. The van der Waals surface area contributed by atoms with Gasteiger partial charge in [0.05, 0.1) is 6.54 Å². The molecule has 3 aliphatic rings. The molecule has 1 aromatic carbocycles. The van der Waals surface area contributed by atoms with Crippen LogP contribution in [0.4, 0.5) is 0 Å². The van der Waals surface area contributed by atoms with Gasteiger partial charge in [0.2, 0.25) is 0 Å². The molecule has 0 amide bonds. The third-order valence-electron chi connectivity index (χ3n) is 4.17. The summed E-state index contributed by atoms with van der Waals surface area (Å²) in [6, 6.07) is 5.92. The van der Waals surface area contributed by atoms with E-state index < -0.39 is 0 Å². The van der Waals surface area contributed by atoms with Crippen LogP contribution in [0.2, 0.25) is 5.02 Å². The largest absolute Gasteiger partial charge is 0.480 e. The van der Waals surface area contributed by atoms with E-state index in [-0.39, 0.29) is 5.60 Å². The number of allylic oxidation sites excluding steroid dienone is 3. The van der Waals surface area contributed by atoms with Crippen LogP contribution in [0, 0.1) is 5.92 Å². The van der Waals surface area contributed by atoms with E-state index in [4.69, 9.17) is 16.3 Å². The maximum atomic E-state index is 6.29. The molecule has 2 aliphatic heterocycles. The molecule has 0 saturated carbocycles. The first kappa shape index (κ1) is 11.3. The Balaban J connectivity index is 1.79. The van der Waals surface area contributed by atoms with Crippen molar-refractivity contribution in [1.82, 2.24) is 0 Å². The lowest BCUT2D eigenvalue weighted by Crippen LogP contribution is -2.45. The Morgan fingerprint density at radius 1 is 1.37 bits per heavy atom. The highest BCUT2D eigenvalue weighted by atomic mass is 35.5. The second-order valence-corrected chi connectivity index (χ2v) is 5.84. The van der Waals surface area contributed by atoms with Gasteiger partial charge in [-0.1, -0.05) is 35.9 Å². The van der Waals surface area contributed by atoms with Crippen molar-refractivity contribution in [3.63, 3.8) is 0 Å². The van der Waals surface area contributed by atoms with Crippen LogP contribution >= 0.6 is 11.6 Å². The monoisotopic (exact) mass is 271 g/mol. The number of hydrogen-bond acceptors (Lipinski definition) is 2. The van der Waals surface area contributed by atoms with Crippen LogP contribution < -0.4 is 4.74 Å². The van der Waals surface area contributed by atoms with E-state index in [0.717, 1.165) is 23.6 Å². The van der Waals surface area contributed by atoms with E-state index in [9.17, 15) is 0 Å². The lowest BCUT2D eigenvalue weighted by Gasteiger charge is -2.37. The van der Waals surface area contributed by atoms with Crippen molar-refractivity contribution in [2.24, 2.45) is 10.9 Å². The van der Waals surface area contributed by atoms with Crippen LogP contribution in [-0.2, 0) is 6.42 Å². The fourth-order valence-corrected chi connectivity index (χ4v) is 3.43. The molecular formula is C16H14ClNO. The van der Waals surface area contributed by atoms with E-state index in [1.54, 1.807) is 0 Å². The molecule has 2 heterocycles. The third kappa shape index (κ3) is 1.67. The second kappa shape index (κ2) is 3.97. The van der Waals surface area contributed by atoms with Gasteiger partial charge < -0.3 is 4.74 Å². The van der Waals surface area contributed by atoms with E-state index in [2.05, 4.69) is 35.5 Å². The zero-order valence-electron chi connectivity index (χ0n) is 10.5. The second-order valence-electron chi connectivity index (χ2n) is 5.41.